The van der Waals surface area contributed by atoms with Crippen molar-refractivity contribution in [2.24, 2.45) is 16.8 Å². The van der Waals surface area contributed by atoms with Gasteiger partial charge in [-0.3, -0.25) is 19.5 Å². The van der Waals surface area contributed by atoms with Crippen LogP contribution in [-0.4, -0.2) is 97.9 Å². The van der Waals surface area contributed by atoms with E-state index in [0.717, 1.165) is 90.4 Å². The van der Waals surface area contributed by atoms with Gasteiger partial charge in [0, 0.05) is 77.3 Å². The van der Waals surface area contributed by atoms with Gasteiger partial charge in [0.25, 0.3) is 0 Å². The van der Waals surface area contributed by atoms with Crippen molar-refractivity contribution in [3.63, 3.8) is 0 Å². The van der Waals surface area contributed by atoms with Crippen LogP contribution in [0.1, 0.15) is 57.8 Å². The number of hydrogen-bond acceptors (Lipinski definition) is 4. The van der Waals surface area contributed by atoms with E-state index in [1.54, 1.807) is 7.05 Å². The van der Waals surface area contributed by atoms with Crippen LogP contribution in [0.5, 0.6) is 0 Å². The lowest BCUT2D eigenvalue weighted by Crippen LogP contribution is -2.52. The Balaban J connectivity index is 0.00000306. The Morgan fingerprint density at radius 2 is 1.39 bits per heavy atom. The third-order valence-electron chi connectivity index (χ3n) is 7.88. The van der Waals surface area contributed by atoms with Crippen LogP contribution in [0.2, 0.25) is 0 Å². The summed E-state index contributed by atoms with van der Waals surface area (Å²) >= 11 is 0. The molecular weight excluding hydrogens is 531 g/mol. The summed E-state index contributed by atoms with van der Waals surface area (Å²) in [7, 11) is 1.80. The molecule has 2 saturated heterocycles. The van der Waals surface area contributed by atoms with E-state index in [9.17, 15) is 9.59 Å². The number of piperazine rings is 1. The second-order valence-electron chi connectivity index (χ2n) is 10.0. The minimum atomic E-state index is 0. The van der Waals surface area contributed by atoms with Gasteiger partial charge in [-0.15, -0.1) is 24.0 Å². The van der Waals surface area contributed by atoms with Crippen LogP contribution in [-0.2, 0) is 9.59 Å². The predicted octanol–water partition coefficient (Wildman–Crippen LogP) is 1.89. The number of rotatable bonds is 6. The fraction of sp³-hybridized carbons (Fsp3) is 0.875. The summed E-state index contributed by atoms with van der Waals surface area (Å²) in [5, 5.41) is 6.94. The Morgan fingerprint density at radius 3 is 1.97 bits per heavy atom. The molecule has 0 aromatic heterocycles. The van der Waals surface area contributed by atoms with Gasteiger partial charge >= 0.3 is 0 Å². The summed E-state index contributed by atoms with van der Waals surface area (Å²) in [6.45, 7) is 7.03. The largest absolute Gasteiger partial charge is 0.355 e. The fourth-order valence-electron chi connectivity index (χ4n) is 5.85. The van der Waals surface area contributed by atoms with E-state index in [1.165, 1.54) is 25.7 Å². The number of nitrogens with one attached hydrogen (secondary N) is 2. The topological polar surface area (TPSA) is 80.3 Å². The number of amides is 2. The molecule has 2 saturated carbocycles. The molecule has 33 heavy (non-hydrogen) atoms. The highest BCUT2D eigenvalue weighted by atomic mass is 127. The number of likely N-dealkylation sites (tertiary alicyclic amines) is 1. The average molecular weight is 575 g/mol. The van der Waals surface area contributed by atoms with Gasteiger partial charge < -0.3 is 20.4 Å². The zero-order chi connectivity index (χ0) is 22.3. The molecule has 2 heterocycles. The van der Waals surface area contributed by atoms with E-state index in [1.807, 2.05) is 4.90 Å². The first-order valence-corrected chi connectivity index (χ1v) is 12.9. The van der Waals surface area contributed by atoms with E-state index in [0.29, 0.717) is 11.8 Å². The quantitative estimate of drug-likeness (QED) is 0.288. The summed E-state index contributed by atoms with van der Waals surface area (Å²) in [5.74, 6) is 2.13. The maximum atomic E-state index is 12.7. The van der Waals surface area contributed by atoms with Gasteiger partial charge in [-0.2, -0.15) is 0 Å². The van der Waals surface area contributed by atoms with Crippen molar-refractivity contribution in [1.29, 1.82) is 0 Å². The normalized spacial score (nSPS) is 25.4. The highest BCUT2D eigenvalue weighted by molar-refractivity contribution is 14.0. The molecule has 2 amide bonds. The van der Waals surface area contributed by atoms with Crippen molar-refractivity contribution >= 4 is 41.8 Å². The molecule has 0 aromatic carbocycles. The minimum Gasteiger partial charge on any atom is -0.355 e. The van der Waals surface area contributed by atoms with E-state index >= 15 is 0 Å². The molecule has 9 heteroatoms. The SMILES string of the molecule is CN=C(NCCN1CCN(C(=O)C2CCCC2)CC1)NC1CCN(C(=O)C2CCCC2)C1.I. The molecular formula is C24H43IN6O2. The Labute approximate surface area is 216 Å². The molecule has 4 fully saturated rings. The molecule has 2 N–H and O–H groups in total. The average Bonchev–Trinajstić information content (AvgIpc) is 3.60. The van der Waals surface area contributed by atoms with Crippen molar-refractivity contribution in [1.82, 2.24) is 25.3 Å². The molecule has 0 bridgehead atoms. The second-order valence-corrected chi connectivity index (χ2v) is 10.0. The monoisotopic (exact) mass is 574 g/mol. The smallest absolute Gasteiger partial charge is 0.225 e. The number of nitrogens with zero attached hydrogens (tertiary/aromatic N) is 4. The van der Waals surface area contributed by atoms with Crippen molar-refractivity contribution in [3.8, 4) is 0 Å². The maximum absolute atomic E-state index is 12.7. The zero-order valence-corrected chi connectivity index (χ0v) is 22.6. The number of aliphatic imine (C=N–C) groups is 1. The van der Waals surface area contributed by atoms with E-state index < -0.39 is 0 Å². The number of guanidine groups is 1. The Morgan fingerprint density at radius 1 is 0.818 bits per heavy atom. The van der Waals surface area contributed by atoms with Gasteiger partial charge in [0.05, 0.1) is 0 Å². The third kappa shape index (κ3) is 7.19. The Kier molecular flexibility index (Phi) is 10.5. The zero-order valence-electron chi connectivity index (χ0n) is 20.3. The first kappa shape index (κ1) is 26.5. The van der Waals surface area contributed by atoms with Gasteiger partial charge in [0.2, 0.25) is 11.8 Å². The summed E-state index contributed by atoms with van der Waals surface area (Å²) < 4.78 is 0. The molecule has 2 aliphatic carbocycles. The summed E-state index contributed by atoms with van der Waals surface area (Å²) in [6, 6.07) is 0.275. The molecule has 1 unspecified atom stereocenters. The van der Waals surface area contributed by atoms with Crippen molar-refractivity contribution in [3.05, 3.63) is 0 Å². The minimum absolute atomic E-state index is 0. The van der Waals surface area contributed by atoms with Gasteiger partial charge in [-0.1, -0.05) is 25.7 Å². The van der Waals surface area contributed by atoms with Crippen LogP contribution in [0, 0.1) is 11.8 Å². The molecule has 2 aliphatic heterocycles. The van der Waals surface area contributed by atoms with Gasteiger partial charge in [0.15, 0.2) is 5.96 Å². The lowest BCUT2D eigenvalue weighted by Gasteiger charge is -2.36. The summed E-state index contributed by atoms with van der Waals surface area (Å²) in [5.41, 5.74) is 0. The third-order valence-corrected chi connectivity index (χ3v) is 7.88. The first-order valence-electron chi connectivity index (χ1n) is 12.9. The molecule has 4 aliphatic rings. The van der Waals surface area contributed by atoms with Crippen LogP contribution in [0.25, 0.3) is 0 Å². The number of carbonyl (C=O) groups is 2. The predicted molar refractivity (Wildman–Crippen MR) is 142 cm³/mol. The van der Waals surface area contributed by atoms with Gasteiger partial charge in [-0.25, -0.2) is 0 Å². The van der Waals surface area contributed by atoms with E-state index in [-0.39, 0.29) is 41.9 Å². The summed E-state index contributed by atoms with van der Waals surface area (Å²) in [4.78, 5) is 36.2. The van der Waals surface area contributed by atoms with Crippen LogP contribution < -0.4 is 10.6 Å². The lowest BCUT2D eigenvalue weighted by molar-refractivity contribution is -0.137. The molecule has 0 radical (unpaired) electrons. The maximum Gasteiger partial charge on any atom is 0.225 e. The highest BCUT2D eigenvalue weighted by Crippen LogP contribution is 2.28. The first-order chi connectivity index (χ1) is 15.6. The van der Waals surface area contributed by atoms with Crippen molar-refractivity contribution in [2.45, 2.75) is 63.8 Å². The molecule has 8 nitrogen and oxygen atoms in total. The van der Waals surface area contributed by atoms with Crippen molar-refractivity contribution < 1.29 is 9.59 Å². The number of halogens is 1. The van der Waals surface area contributed by atoms with Gasteiger partial charge in [0.1, 0.15) is 0 Å². The number of carbonyl (C=O) groups excluding carboxylic acids is 2. The molecule has 0 spiro atoms. The summed E-state index contributed by atoms with van der Waals surface area (Å²) in [6.07, 6.45) is 10.1. The Bertz CT molecular complexity index is 670. The van der Waals surface area contributed by atoms with Crippen LogP contribution in [0.15, 0.2) is 4.99 Å². The lowest BCUT2D eigenvalue weighted by atomic mass is 10.1. The van der Waals surface area contributed by atoms with E-state index in [4.69, 9.17) is 0 Å². The number of hydrogen-bond donors (Lipinski definition) is 2. The van der Waals surface area contributed by atoms with Crippen LogP contribution in [0.4, 0.5) is 0 Å². The van der Waals surface area contributed by atoms with E-state index in [2.05, 4.69) is 25.4 Å². The Hall–Kier alpha value is -1.10. The van der Waals surface area contributed by atoms with Crippen LogP contribution >= 0.6 is 24.0 Å². The highest BCUT2D eigenvalue weighted by Gasteiger charge is 2.33. The van der Waals surface area contributed by atoms with Crippen LogP contribution in [0.3, 0.4) is 0 Å². The van der Waals surface area contributed by atoms with Crippen molar-refractivity contribution in [2.75, 3.05) is 59.4 Å². The standard InChI is InChI=1S/C24H42N6O2.HI/c1-25-24(27-21-10-12-30(18-21)23(32)20-8-4-5-9-20)26-11-13-28-14-16-29(17-15-28)22(31)19-6-2-3-7-19;/h19-21H,2-18H2,1H3,(H2,25,26,27);1H. The fourth-order valence-corrected chi connectivity index (χ4v) is 5.85. The molecule has 188 valence electrons. The molecule has 1 atom stereocenters. The molecule has 4 rings (SSSR count). The molecule has 0 aromatic rings. The second kappa shape index (κ2) is 13.1. The van der Waals surface area contributed by atoms with Gasteiger partial charge in [-0.05, 0) is 32.1 Å².